The Bertz CT molecular complexity index is 827. The number of rotatable bonds is 2. The summed E-state index contributed by atoms with van der Waals surface area (Å²) in [5, 5.41) is 0.734. The van der Waals surface area contributed by atoms with Crippen molar-refractivity contribution in [1.82, 2.24) is 4.57 Å². The van der Waals surface area contributed by atoms with Gasteiger partial charge in [0.05, 0.1) is 11.9 Å². The molecule has 0 atom stereocenters. The lowest BCUT2D eigenvalue weighted by atomic mass is 10.1. The Morgan fingerprint density at radius 3 is 2.55 bits per heavy atom. The molecule has 0 amide bonds. The molecule has 3 rings (SSSR count). The minimum atomic E-state index is -0.392. The molecular formula is C16H11BrFNO. The summed E-state index contributed by atoms with van der Waals surface area (Å²) >= 11 is 3.29. The van der Waals surface area contributed by atoms with Crippen molar-refractivity contribution in [1.29, 1.82) is 0 Å². The molecule has 0 radical (unpaired) electrons. The second-order valence-corrected chi connectivity index (χ2v) is 5.50. The van der Waals surface area contributed by atoms with Crippen LogP contribution in [0.3, 0.4) is 0 Å². The second-order valence-electron chi connectivity index (χ2n) is 4.59. The van der Waals surface area contributed by atoms with Gasteiger partial charge in [-0.3, -0.25) is 4.79 Å². The van der Waals surface area contributed by atoms with E-state index in [1.165, 1.54) is 10.8 Å². The van der Waals surface area contributed by atoms with Crippen molar-refractivity contribution in [3.05, 3.63) is 80.9 Å². The summed E-state index contributed by atoms with van der Waals surface area (Å²) < 4.78 is 16.3. The van der Waals surface area contributed by atoms with Gasteiger partial charge in [-0.15, -0.1) is 0 Å². The first kappa shape index (κ1) is 13.1. The van der Waals surface area contributed by atoms with Crippen LogP contribution in [0.1, 0.15) is 5.56 Å². The van der Waals surface area contributed by atoms with Crippen LogP contribution in [0.5, 0.6) is 0 Å². The maximum atomic E-state index is 14.1. The Morgan fingerprint density at radius 2 is 1.80 bits per heavy atom. The molecular weight excluding hydrogens is 321 g/mol. The van der Waals surface area contributed by atoms with Gasteiger partial charge in [-0.1, -0.05) is 46.3 Å². The van der Waals surface area contributed by atoms with E-state index in [0.29, 0.717) is 17.3 Å². The first-order chi connectivity index (χ1) is 9.65. The number of aromatic nitrogens is 1. The molecule has 0 saturated carbocycles. The van der Waals surface area contributed by atoms with Crippen LogP contribution in [-0.2, 0) is 6.54 Å². The van der Waals surface area contributed by atoms with Crippen molar-refractivity contribution in [3.63, 3.8) is 0 Å². The zero-order chi connectivity index (χ0) is 14.1. The summed E-state index contributed by atoms with van der Waals surface area (Å²) in [6.45, 7) is 0.364. The van der Waals surface area contributed by atoms with E-state index in [4.69, 9.17) is 0 Å². The minimum Gasteiger partial charge on any atom is -0.308 e. The Kier molecular flexibility index (Phi) is 3.40. The molecule has 0 fully saturated rings. The van der Waals surface area contributed by atoms with Gasteiger partial charge in [0, 0.05) is 16.1 Å². The zero-order valence-corrected chi connectivity index (χ0v) is 12.1. The largest absolute Gasteiger partial charge is 0.308 e. The molecule has 0 saturated heterocycles. The van der Waals surface area contributed by atoms with Gasteiger partial charge in [-0.2, -0.15) is 0 Å². The van der Waals surface area contributed by atoms with Gasteiger partial charge in [-0.25, -0.2) is 4.39 Å². The standard InChI is InChI=1S/C16H11BrFNO/c17-12-6-7-13-14(8-12)15(18)10-19(16(13)20)9-11-4-2-1-3-5-11/h1-8,10H,9H2. The number of fused-ring (bicyclic) bond motifs is 1. The predicted octanol–water partition coefficient (Wildman–Crippen LogP) is 3.95. The van der Waals surface area contributed by atoms with Crippen molar-refractivity contribution in [2.45, 2.75) is 6.54 Å². The molecule has 2 aromatic carbocycles. The summed E-state index contributed by atoms with van der Waals surface area (Å²) in [7, 11) is 0. The molecule has 0 N–H and O–H groups in total. The Hall–Kier alpha value is -1.94. The first-order valence-electron chi connectivity index (χ1n) is 6.17. The van der Waals surface area contributed by atoms with Crippen molar-refractivity contribution >= 4 is 26.7 Å². The number of pyridine rings is 1. The molecule has 0 unspecified atom stereocenters. The number of hydrogen-bond acceptors (Lipinski definition) is 1. The average molecular weight is 332 g/mol. The molecule has 0 aliphatic carbocycles. The lowest BCUT2D eigenvalue weighted by Crippen LogP contribution is -2.21. The van der Waals surface area contributed by atoms with E-state index in [1.54, 1.807) is 18.2 Å². The molecule has 100 valence electrons. The van der Waals surface area contributed by atoms with Crippen LogP contribution in [0.2, 0.25) is 0 Å². The summed E-state index contributed by atoms with van der Waals surface area (Å²) in [5.74, 6) is -0.392. The quantitative estimate of drug-likeness (QED) is 0.696. The van der Waals surface area contributed by atoms with E-state index < -0.39 is 5.82 Å². The SMILES string of the molecule is O=c1c2ccc(Br)cc2c(F)cn1Cc1ccccc1. The molecule has 0 bridgehead atoms. The highest BCUT2D eigenvalue weighted by molar-refractivity contribution is 9.10. The van der Waals surface area contributed by atoms with Gasteiger partial charge in [0.25, 0.3) is 5.56 Å². The van der Waals surface area contributed by atoms with Gasteiger partial charge < -0.3 is 4.57 Å². The normalized spacial score (nSPS) is 10.9. The molecule has 0 aliphatic rings. The molecule has 2 nitrogen and oxygen atoms in total. The predicted molar refractivity (Wildman–Crippen MR) is 81.4 cm³/mol. The van der Waals surface area contributed by atoms with E-state index in [0.717, 1.165) is 10.0 Å². The van der Waals surface area contributed by atoms with Crippen LogP contribution in [0.25, 0.3) is 10.8 Å². The number of benzene rings is 2. The fourth-order valence-electron chi connectivity index (χ4n) is 2.22. The van der Waals surface area contributed by atoms with Gasteiger partial charge >= 0.3 is 0 Å². The summed E-state index contributed by atoms with van der Waals surface area (Å²) in [6.07, 6.45) is 1.27. The van der Waals surface area contributed by atoms with Gasteiger partial charge in [0.1, 0.15) is 5.82 Å². The summed E-state index contributed by atoms with van der Waals surface area (Å²) in [5.41, 5.74) is 0.781. The molecule has 4 heteroatoms. The number of nitrogens with zero attached hydrogens (tertiary/aromatic N) is 1. The number of halogens is 2. The highest BCUT2D eigenvalue weighted by Gasteiger charge is 2.09. The Balaban J connectivity index is 2.16. The van der Waals surface area contributed by atoms with Crippen LogP contribution in [-0.4, -0.2) is 4.57 Å². The van der Waals surface area contributed by atoms with Crippen molar-refractivity contribution in [2.75, 3.05) is 0 Å². The molecule has 20 heavy (non-hydrogen) atoms. The molecule has 1 aromatic heterocycles. The molecule has 3 aromatic rings. The smallest absolute Gasteiger partial charge is 0.258 e. The van der Waals surface area contributed by atoms with Crippen LogP contribution in [0.4, 0.5) is 4.39 Å². The maximum absolute atomic E-state index is 14.1. The van der Waals surface area contributed by atoms with E-state index in [-0.39, 0.29) is 5.56 Å². The fraction of sp³-hybridized carbons (Fsp3) is 0.0625. The minimum absolute atomic E-state index is 0.183. The van der Waals surface area contributed by atoms with Crippen LogP contribution < -0.4 is 5.56 Å². The van der Waals surface area contributed by atoms with Crippen LogP contribution in [0, 0.1) is 5.82 Å². The van der Waals surface area contributed by atoms with E-state index in [1.807, 2.05) is 30.3 Å². The second kappa shape index (κ2) is 5.21. The summed E-state index contributed by atoms with van der Waals surface area (Å²) in [6, 6.07) is 14.5. The third kappa shape index (κ3) is 2.39. The first-order valence-corrected chi connectivity index (χ1v) is 6.96. The zero-order valence-electron chi connectivity index (χ0n) is 10.5. The topological polar surface area (TPSA) is 22.0 Å². The third-order valence-corrected chi connectivity index (χ3v) is 3.69. The molecule has 0 aliphatic heterocycles. The van der Waals surface area contributed by atoms with Crippen molar-refractivity contribution in [2.24, 2.45) is 0 Å². The average Bonchev–Trinajstić information content (AvgIpc) is 2.45. The van der Waals surface area contributed by atoms with Crippen LogP contribution in [0.15, 0.2) is 64.0 Å². The highest BCUT2D eigenvalue weighted by Crippen LogP contribution is 2.20. The Morgan fingerprint density at radius 1 is 1.05 bits per heavy atom. The lowest BCUT2D eigenvalue weighted by Gasteiger charge is -2.09. The maximum Gasteiger partial charge on any atom is 0.258 e. The van der Waals surface area contributed by atoms with Gasteiger partial charge in [0.2, 0.25) is 0 Å². The Labute approximate surface area is 123 Å². The van der Waals surface area contributed by atoms with E-state index in [2.05, 4.69) is 15.9 Å². The van der Waals surface area contributed by atoms with Gasteiger partial charge in [0.15, 0.2) is 0 Å². The van der Waals surface area contributed by atoms with Crippen molar-refractivity contribution in [3.8, 4) is 0 Å². The third-order valence-electron chi connectivity index (χ3n) is 3.20. The van der Waals surface area contributed by atoms with Crippen molar-refractivity contribution < 1.29 is 4.39 Å². The summed E-state index contributed by atoms with van der Waals surface area (Å²) in [4.78, 5) is 12.4. The lowest BCUT2D eigenvalue weighted by molar-refractivity contribution is 0.609. The fourth-order valence-corrected chi connectivity index (χ4v) is 2.58. The molecule has 0 spiro atoms. The van der Waals surface area contributed by atoms with Gasteiger partial charge in [-0.05, 0) is 23.8 Å². The highest BCUT2D eigenvalue weighted by atomic mass is 79.9. The molecule has 1 heterocycles. The van der Waals surface area contributed by atoms with E-state index >= 15 is 0 Å². The van der Waals surface area contributed by atoms with E-state index in [9.17, 15) is 9.18 Å². The van der Waals surface area contributed by atoms with Crippen LogP contribution >= 0.6 is 15.9 Å². The number of hydrogen-bond donors (Lipinski definition) is 0. The monoisotopic (exact) mass is 331 g/mol.